The number of halogens is 2. The molecule has 1 rings (SSSR count). The lowest BCUT2D eigenvalue weighted by Gasteiger charge is -2.17. The Balaban J connectivity index is 3.47. The van der Waals surface area contributed by atoms with Gasteiger partial charge in [-0.05, 0) is 13.8 Å². The van der Waals surface area contributed by atoms with Crippen LogP contribution in [-0.2, 0) is 0 Å². The third kappa shape index (κ3) is 1.41. The molecule has 0 fully saturated rings. The van der Waals surface area contributed by atoms with E-state index in [2.05, 4.69) is 9.98 Å². The highest BCUT2D eigenvalue weighted by Gasteiger charge is 2.26. The minimum Gasteiger partial charge on any atom is -0.286 e. The van der Waals surface area contributed by atoms with Gasteiger partial charge in [0, 0.05) is 25.2 Å². The molecule has 1 aliphatic rings. The number of rotatable bonds is 0. The first kappa shape index (κ1) is 10.8. The highest BCUT2D eigenvalue weighted by atomic mass is 19.2. The van der Waals surface area contributed by atoms with Crippen LogP contribution in [0.3, 0.4) is 0 Å². The van der Waals surface area contributed by atoms with Crippen LogP contribution in [0.15, 0.2) is 32.8 Å². The molecule has 0 aliphatic heterocycles. The molecule has 0 aromatic heterocycles. The predicted octanol–water partition coefficient (Wildman–Crippen LogP) is 2.63. The van der Waals surface area contributed by atoms with Gasteiger partial charge in [0.05, 0.1) is 11.4 Å². The smallest absolute Gasteiger partial charge is 0.164 e. The van der Waals surface area contributed by atoms with Gasteiger partial charge in [0.1, 0.15) is 0 Å². The Hall–Kier alpha value is -1.32. The number of nitrogens with zero attached hydrogens (tertiary/aromatic N) is 2. The molecule has 0 amide bonds. The lowest BCUT2D eigenvalue weighted by atomic mass is 9.94. The second kappa shape index (κ2) is 3.82. The van der Waals surface area contributed by atoms with Crippen molar-refractivity contribution in [3.8, 4) is 0 Å². The van der Waals surface area contributed by atoms with Crippen molar-refractivity contribution in [2.75, 3.05) is 14.1 Å². The van der Waals surface area contributed by atoms with E-state index in [1.807, 2.05) is 0 Å². The van der Waals surface area contributed by atoms with Crippen LogP contribution < -0.4 is 0 Å². The van der Waals surface area contributed by atoms with Crippen molar-refractivity contribution >= 4 is 11.4 Å². The molecule has 14 heavy (non-hydrogen) atoms. The summed E-state index contributed by atoms with van der Waals surface area (Å²) in [5, 5.41) is 0. The lowest BCUT2D eigenvalue weighted by molar-refractivity contribution is 0.535. The molecular weight excluding hydrogens is 186 g/mol. The summed E-state index contributed by atoms with van der Waals surface area (Å²) < 4.78 is 26.6. The zero-order valence-electron chi connectivity index (χ0n) is 8.65. The molecule has 0 aromatic rings. The molecule has 76 valence electrons. The highest BCUT2D eigenvalue weighted by Crippen LogP contribution is 2.28. The summed E-state index contributed by atoms with van der Waals surface area (Å²) >= 11 is 0. The highest BCUT2D eigenvalue weighted by molar-refractivity contribution is 6.54. The van der Waals surface area contributed by atoms with Gasteiger partial charge in [-0.1, -0.05) is 0 Å². The van der Waals surface area contributed by atoms with Gasteiger partial charge in [0.25, 0.3) is 0 Å². The molecule has 0 N–H and O–H groups in total. The SMILES string of the molecule is CN=C1C(=NC)C(C)=C(F)C(F)=C1C. The molecule has 0 saturated heterocycles. The van der Waals surface area contributed by atoms with Crippen molar-refractivity contribution in [1.29, 1.82) is 0 Å². The van der Waals surface area contributed by atoms with Crippen LogP contribution in [0.5, 0.6) is 0 Å². The van der Waals surface area contributed by atoms with E-state index in [-0.39, 0.29) is 11.1 Å². The van der Waals surface area contributed by atoms with E-state index in [0.717, 1.165) is 0 Å². The summed E-state index contributed by atoms with van der Waals surface area (Å²) in [4.78, 5) is 7.81. The van der Waals surface area contributed by atoms with Crippen molar-refractivity contribution in [2.24, 2.45) is 9.98 Å². The van der Waals surface area contributed by atoms with Crippen molar-refractivity contribution in [1.82, 2.24) is 0 Å². The molecule has 0 aromatic carbocycles. The first-order valence-corrected chi connectivity index (χ1v) is 4.22. The first-order chi connectivity index (χ1) is 6.54. The number of hydrogen-bond acceptors (Lipinski definition) is 2. The zero-order valence-corrected chi connectivity index (χ0v) is 8.65. The third-order valence-corrected chi connectivity index (χ3v) is 2.23. The van der Waals surface area contributed by atoms with Crippen LogP contribution in [0, 0.1) is 0 Å². The van der Waals surface area contributed by atoms with E-state index >= 15 is 0 Å². The molecule has 0 bridgehead atoms. The molecule has 1 aliphatic carbocycles. The van der Waals surface area contributed by atoms with Gasteiger partial charge < -0.3 is 0 Å². The van der Waals surface area contributed by atoms with Gasteiger partial charge in [-0.15, -0.1) is 0 Å². The molecular formula is C10H12F2N2. The molecule has 0 saturated carbocycles. The first-order valence-electron chi connectivity index (χ1n) is 4.22. The van der Waals surface area contributed by atoms with Crippen LogP contribution >= 0.6 is 0 Å². The maximum atomic E-state index is 13.3. The van der Waals surface area contributed by atoms with Crippen LogP contribution in [0.1, 0.15) is 13.8 Å². The van der Waals surface area contributed by atoms with Crippen LogP contribution in [0.2, 0.25) is 0 Å². The summed E-state index contributed by atoms with van der Waals surface area (Å²) in [7, 11) is 3.07. The van der Waals surface area contributed by atoms with Gasteiger partial charge in [-0.2, -0.15) is 0 Å². The summed E-state index contributed by atoms with van der Waals surface area (Å²) in [6.45, 7) is 2.99. The fourth-order valence-electron chi connectivity index (χ4n) is 1.44. The van der Waals surface area contributed by atoms with E-state index in [1.165, 1.54) is 27.9 Å². The quantitative estimate of drug-likeness (QED) is 0.534. The van der Waals surface area contributed by atoms with Gasteiger partial charge in [-0.3, -0.25) is 9.98 Å². The van der Waals surface area contributed by atoms with E-state index in [4.69, 9.17) is 0 Å². The maximum absolute atomic E-state index is 13.3. The summed E-state index contributed by atoms with van der Waals surface area (Å²) in [5.74, 6) is -1.68. The third-order valence-electron chi connectivity index (χ3n) is 2.23. The maximum Gasteiger partial charge on any atom is 0.164 e. The fraction of sp³-hybridized carbons (Fsp3) is 0.400. The summed E-state index contributed by atoms with van der Waals surface area (Å²) in [6.07, 6.45) is 0. The molecule has 0 atom stereocenters. The Bertz CT molecular complexity index is 341. The minimum absolute atomic E-state index is 0.205. The molecule has 0 spiro atoms. The average molecular weight is 198 g/mol. The molecule has 4 heteroatoms. The van der Waals surface area contributed by atoms with Gasteiger partial charge in [-0.25, -0.2) is 8.78 Å². The van der Waals surface area contributed by atoms with Gasteiger partial charge >= 0.3 is 0 Å². The van der Waals surface area contributed by atoms with Crippen LogP contribution in [0.25, 0.3) is 0 Å². The van der Waals surface area contributed by atoms with Gasteiger partial charge in [0.15, 0.2) is 11.7 Å². The Labute approximate surface area is 81.8 Å². The Morgan fingerprint density at radius 2 is 1.07 bits per heavy atom. The lowest BCUT2D eigenvalue weighted by Crippen LogP contribution is -2.22. The number of allylic oxidation sites excluding steroid dienone is 4. The zero-order chi connectivity index (χ0) is 10.9. The average Bonchev–Trinajstić information content (AvgIpc) is 2.20. The molecule has 0 radical (unpaired) electrons. The molecule has 0 unspecified atom stereocenters. The summed E-state index contributed by atoms with van der Waals surface area (Å²) in [6, 6.07) is 0. The van der Waals surface area contributed by atoms with Crippen molar-refractivity contribution < 1.29 is 8.78 Å². The van der Waals surface area contributed by atoms with E-state index < -0.39 is 11.7 Å². The largest absolute Gasteiger partial charge is 0.286 e. The normalized spacial score (nSPS) is 24.1. The fourth-order valence-corrected chi connectivity index (χ4v) is 1.44. The van der Waals surface area contributed by atoms with E-state index in [1.54, 1.807) is 0 Å². The number of aliphatic imine (C=N–C) groups is 2. The standard InChI is InChI=1S/C10H12F2N2/c1-5-7(11)8(12)6(2)10(14-4)9(5)13-3/h1-4H3. The molecule has 2 nitrogen and oxygen atoms in total. The summed E-state index contributed by atoms with van der Waals surface area (Å²) in [5.41, 5.74) is 1.25. The van der Waals surface area contributed by atoms with E-state index in [9.17, 15) is 8.78 Å². The Morgan fingerprint density at radius 3 is 1.29 bits per heavy atom. The second-order valence-electron chi connectivity index (χ2n) is 3.02. The Morgan fingerprint density at radius 1 is 0.786 bits per heavy atom. The van der Waals surface area contributed by atoms with Crippen molar-refractivity contribution in [3.05, 3.63) is 22.8 Å². The topological polar surface area (TPSA) is 24.7 Å². The predicted molar refractivity (Wildman–Crippen MR) is 54.3 cm³/mol. The molecule has 0 heterocycles. The minimum atomic E-state index is -0.838. The van der Waals surface area contributed by atoms with Crippen molar-refractivity contribution in [3.63, 3.8) is 0 Å². The Kier molecular flexibility index (Phi) is 2.93. The van der Waals surface area contributed by atoms with Crippen LogP contribution in [-0.4, -0.2) is 25.5 Å². The van der Waals surface area contributed by atoms with Gasteiger partial charge in [0.2, 0.25) is 0 Å². The number of hydrogen-bond donors (Lipinski definition) is 0. The van der Waals surface area contributed by atoms with E-state index in [0.29, 0.717) is 11.4 Å². The van der Waals surface area contributed by atoms with Crippen molar-refractivity contribution in [2.45, 2.75) is 13.8 Å². The van der Waals surface area contributed by atoms with Crippen LogP contribution in [0.4, 0.5) is 8.78 Å². The monoisotopic (exact) mass is 198 g/mol. The second-order valence-corrected chi connectivity index (χ2v) is 3.02.